The summed E-state index contributed by atoms with van der Waals surface area (Å²) in [7, 11) is 0. The van der Waals surface area contributed by atoms with Crippen molar-refractivity contribution in [1.29, 1.82) is 0 Å². The summed E-state index contributed by atoms with van der Waals surface area (Å²) in [5.41, 5.74) is 2.43. The molecule has 0 bridgehead atoms. The van der Waals surface area contributed by atoms with E-state index in [1.165, 1.54) is 6.26 Å². The summed E-state index contributed by atoms with van der Waals surface area (Å²) in [5.74, 6) is 0. The third kappa shape index (κ3) is 2.16. The number of anilines is 1. The summed E-state index contributed by atoms with van der Waals surface area (Å²) in [6.45, 7) is 0. The second-order valence-electron chi connectivity index (χ2n) is 4.81. The fraction of sp³-hybridized carbons (Fsp3) is 0. The Balaban J connectivity index is 1.67. The molecule has 0 aliphatic rings. The quantitative estimate of drug-likeness (QED) is 0.507. The molecule has 7 heteroatoms. The number of hydrogen-bond donors (Lipinski definition) is 3. The van der Waals surface area contributed by atoms with Crippen molar-refractivity contribution >= 4 is 39.1 Å². The minimum atomic E-state index is -1.46. The van der Waals surface area contributed by atoms with Gasteiger partial charge in [0.1, 0.15) is 23.2 Å². The summed E-state index contributed by atoms with van der Waals surface area (Å²) in [6, 6.07) is 12.7. The first kappa shape index (κ1) is 13.1. The van der Waals surface area contributed by atoms with Crippen LogP contribution in [-0.4, -0.2) is 14.5 Å². The van der Waals surface area contributed by atoms with Crippen molar-refractivity contribution in [3.05, 3.63) is 59.2 Å². The lowest BCUT2D eigenvalue weighted by atomic mass is 10.3. The molecule has 0 radical (unpaired) electrons. The zero-order valence-electron chi connectivity index (χ0n) is 11.3. The lowest BCUT2D eigenvalue weighted by molar-refractivity contribution is 0.586. The van der Waals surface area contributed by atoms with Gasteiger partial charge in [0.15, 0.2) is 0 Å². The molecule has 1 atom stereocenters. The summed E-state index contributed by atoms with van der Waals surface area (Å²) in [4.78, 5) is 17.2. The molecule has 6 nitrogen and oxygen atoms in total. The third-order valence-electron chi connectivity index (χ3n) is 3.37. The van der Waals surface area contributed by atoms with Crippen molar-refractivity contribution in [2.45, 2.75) is 4.90 Å². The number of nitrogens with one attached hydrogen (secondary N) is 3. The van der Waals surface area contributed by atoms with Crippen molar-refractivity contribution in [3.8, 4) is 0 Å². The maximum Gasteiger partial charge on any atom is 0.323 e. The Labute approximate surface area is 127 Å². The van der Waals surface area contributed by atoms with Crippen molar-refractivity contribution in [1.82, 2.24) is 9.97 Å². The van der Waals surface area contributed by atoms with E-state index in [1.807, 2.05) is 24.3 Å². The summed E-state index contributed by atoms with van der Waals surface area (Å²) >= 11 is -1.46. The predicted octanol–water partition coefficient (Wildman–Crippen LogP) is 2.74. The molecule has 0 fully saturated rings. The van der Waals surface area contributed by atoms with Crippen LogP contribution in [-0.2, 0) is 11.4 Å². The summed E-state index contributed by atoms with van der Waals surface area (Å²) in [5, 5.41) is 0.810. The fourth-order valence-corrected chi connectivity index (χ4v) is 3.31. The smallest absolute Gasteiger partial charge is 0.323 e. The van der Waals surface area contributed by atoms with Crippen LogP contribution in [0.25, 0.3) is 22.0 Å². The van der Waals surface area contributed by atoms with Gasteiger partial charge >= 0.3 is 5.69 Å². The molecule has 2 heterocycles. The van der Waals surface area contributed by atoms with Crippen molar-refractivity contribution in [2.75, 3.05) is 4.72 Å². The van der Waals surface area contributed by atoms with E-state index < -0.39 is 11.4 Å². The first-order chi connectivity index (χ1) is 10.7. The lowest BCUT2D eigenvalue weighted by Crippen LogP contribution is -2.12. The lowest BCUT2D eigenvalue weighted by Gasteiger charge is -2.10. The molecular weight excluding hydrogens is 302 g/mol. The maximum atomic E-state index is 12.5. The zero-order chi connectivity index (χ0) is 15.1. The minimum Gasteiger partial charge on any atom is -0.588 e. The highest BCUT2D eigenvalue weighted by Gasteiger charge is 2.19. The molecule has 22 heavy (non-hydrogen) atoms. The van der Waals surface area contributed by atoms with Gasteiger partial charge in [0.05, 0.1) is 22.1 Å². The van der Waals surface area contributed by atoms with E-state index in [0.29, 0.717) is 27.2 Å². The first-order valence-corrected chi connectivity index (χ1v) is 7.72. The average molecular weight is 313 g/mol. The summed E-state index contributed by atoms with van der Waals surface area (Å²) in [6.07, 6.45) is 1.49. The Morgan fingerprint density at radius 2 is 1.91 bits per heavy atom. The van der Waals surface area contributed by atoms with E-state index in [9.17, 15) is 9.35 Å². The van der Waals surface area contributed by atoms with Crippen molar-refractivity contribution in [2.24, 2.45) is 0 Å². The molecule has 0 spiro atoms. The monoisotopic (exact) mass is 313 g/mol. The van der Waals surface area contributed by atoms with Crippen LogP contribution in [0.15, 0.2) is 62.8 Å². The highest BCUT2D eigenvalue weighted by Crippen LogP contribution is 2.27. The molecular formula is C15H11N3O3S. The van der Waals surface area contributed by atoms with Crippen LogP contribution in [0.1, 0.15) is 0 Å². The number of para-hydroxylation sites is 1. The van der Waals surface area contributed by atoms with E-state index in [4.69, 9.17) is 4.42 Å². The molecule has 2 aromatic heterocycles. The molecule has 3 N–H and O–H groups in total. The molecule has 0 aliphatic carbocycles. The van der Waals surface area contributed by atoms with E-state index in [2.05, 4.69) is 14.7 Å². The molecule has 1 unspecified atom stereocenters. The Bertz CT molecular complexity index is 1020. The van der Waals surface area contributed by atoms with E-state index in [0.717, 1.165) is 5.39 Å². The van der Waals surface area contributed by atoms with Crippen LogP contribution in [0.5, 0.6) is 0 Å². The van der Waals surface area contributed by atoms with Gasteiger partial charge < -0.3 is 18.9 Å². The van der Waals surface area contributed by atoms with Gasteiger partial charge in [-0.05, 0) is 30.3 Å². The van der Waals surface area contributed by atoms with Gasteiger partial charge in [-0.3, -0.25) is 0 Å². The largest absolute Gasteiger partial charge is 0.588 e. The average Bonchev–Trinajstić information content (AvgIpc) is 3.09. The minimum absolute atomic E-state index is 0.269. The van der Waals surface area contributed by atoms with Crippen LogP contribution in [0.3, 0.4) is 0 Å². The number of furan rings is 1. The maximum absolute atomic E-state index is 12.5. The van der Waals surface area contributed by atoms with Gasteiger partial charge in [-0.1, -0.05) is 12.1 Å². The van der Waals surface area contributed by atoms with E-state index >= 15 is 0 Å². The second-order valence-corrected chi connectivity index (χ2v) is 5.99. The Morgan fingerprint density at radius 1 is 1.09 bits per heavy atom. The highest BCUT2D eigenvalue weighted by atomic mass is 32.2. The van der Waals surface area contributed by atoms with Gasteiger partial charge in [0, 0.05) is 0 Å². The van der Waals surface area contributed by atoms with Gasteiger partial charge in [-0.15, -0.1) is 0 Å². The number of fused-ring (bicyclic) bond motifs is 2. The Hall–Kier alpha value is -2.64. The molecule has 4 rings (SSSR count). The second kappa shape index (κ2) is 4.97. The van der Waals surface area contributed by atoms with Gasteiger partial charge in [0.2, 0.25) is 4.90 Å². The standard InChI is InChI=1S/C15H11N3O3S/c19-15-16-11-6-5-9(7-12(11)17-15)18-22(20)14-8-21-13-4-2-1-3-10(13)14/h1-8,18H,(H2,16,17,19). The number of imidazole rings is 1. The molecule has 110 valence electrons. The molecule has 0 aliphatic heterocycles. The van der Waals surface area contributed by atoms with Crippen LogP contribution < -0.4 is 10.4 Å². The molecule has 4 aromatic rings. The van der Waals surface area contributed by atoms with Crippen LogP contribution in [0, 0.1) is 0 Å². The summed E-state index contributed by atoms with van der Waals surface area (Å²) < 4.78 is 20.8. The van der Waals surface area contributed by atoms with Gasteiger partial charge in [0.25, 0.3) is 0 Å². The van der Waals surface area contributed by atoms with Crippen LogP contribution in [0.4, 0.5) is 5.69 Å². The zero-order valence-corrected chi connectivity index (χ0v) is 12.1. The molecule has 0 saturated carbocycles. The number of rotatable bonds is 3. The number of aromatic nitrogens is 2. The van der Waals surface area contributed by atoms with Crippen LogP contribution >= 0.6 is 0 Å². The molecule has 0 saturated heterocycles. The number of hydrogen-bond acceptors (Lipinski definition) is 4. The number of aromatic amines is 2. The Morgan fingerprint density at radius 3 is 2.82 bits per heavy atom. The molecule has 0 amide bonds. The topological polar surface area (TPSA) is 96.9 Å². The van der Waals surface area contributed by atoms with E-state index in [-0.39, 0.29) is 5.69 Å². The van der Waals surface area contributed by atoms with Gasteiger partial charge in [-0.25, -0.2) is 9.52 Å². The number of benzene rings is 2. The van der Waals surface area contributed by atoms with E-state index in [1.54, 1.807) is 18.2 Å². The first-order valence-electron chi connectivity index (χ1n) is 6.57. The van der Waals surface area contributed by atoms with Crippen molar-refractivity contribution < 1.29 is 8.97 Å². The third-order valence-corrected chi connectivity index (χ3v) is 4.51. The number of H-pyrrole nitrogens is 2. The molecule has 2 aromatic carbocycles. The SMILES string of the molecule is O=c1[nH]c2ccc(N[S+]([O-])c3coc4ccccc34)cc2[nH]1. The van der Waals surface area contributed by atoms with Crippen molar-refractivity contribution in [3.63, 3.8) is 0 Å². The highest BCUT2D eigenvalue weighted by molar-refractivity contribution is 7.93. The van der Waals surface area contributed by atoms with Gasteiger partial charge in [-0.2, -0.15) is 0 Å². The Kier molecular flexibility index (Phi) is 2.95. The van der Waals surface area contributed by atoms with Crippen LogP contribution in [0.2, 0.25) is 0 Å². The fourth-order valence-electron chi connectivity index (χ4n) is 2.36. The predicted molar refractivity (Wildman–Crippen MR) is 85.2 cm³/mol. The normalized spacial score (nSPS) is 12.8.